The van der Waals surface area contributed by atoms with Crippen molar-refractivity contribution in [2.45, 2.75) is 51.7 Å². The lowest BCUT2D eigenvalue weighted by Crippen LogP contribution is -2.52. The Morgan fingerprint density at radius 2 is 2.08 bits per heavy atom. The van der Waals surface area contributed by atoms with Crippen LogP contribution < -0.4 is 5.73 Å². The van der Waals surface area contributed by atoms with E-state index in [1.54, 1.807) is 0 Å². The average Bonchev–Trinajstić information content (AvgIpc) is 2.02. The molecule has 1 aliphatic rings. The fourth-order valence-electron chi connectivity index (χ4n) is 1.99. The van der Waals surface area contributed by atoms with Crippen molar-refractivity contribution in [1.82, 2.24) is 4.90 Å². The van der Waals surface area contributed by atoms with E-state index in [9.17, 15) is 4.79 Å². The van der Waals surface area contributed by atoms with Crippen molar-refractivity contribution in [2.24, 2.45) is 5.73 Å². The lowest BCUT2D eigenvalue weighted by molar-refractivity contribution is -0.132. The molecule has 12 heavy (non-hydrogen) atoms. The summed E-state index contributed by atoms with van der Waals surface area (Å²) in [6.45, 7) is 8.11. The molecule has 1 amide bonds. The van der Waals surface area contributed by atoms with E-state index >= 15 is 0 Å². The summed E-state index contributed by atoms with van der Waals surface area (Å²) in [6, 6.07) is 0.230. The maximum Gasteiger partial charge on any atom is 0.224 e. The Morgan fingerprint density at radius 3 is 2.25 bits per heavy atom. The Morgan fingerprint density at radius 1 is 1.58 bits per heavy atom. The minimum absolute atomic E-state index is 0.0209. The molecule has 1 saturated heterocycles. The molecule has 3 heteroatoms. The van der Waals surface area contributed by atoms with E-state index in [1.807, 2.05) is 32.6 Å². The van der Waals surface area contributed by atoms with Gasteiger partial charge in [0.2, 0.25) is 5.91 Å². The second kappa shape index (κ2) is 2.73. The zero-order valence-electron chi connectivity index (χ0n) is 8.29. The molecule has 0 spiro atoms. The first-order valence-corrected chi connectivity index (χ1v) is 4.45. The van der Waals surface area contributed by atoms with Gasteiger partial charge < -0.3 is 10.6 Å². The van der Waals surface area contributed by atoms with Crippen LogP contribution in [0.4, 0.5) is 0 Å². The normalized spacial score (nSPS) is 28.7. The third-order valence-electron chi connectivity index (χ3n) is 2.71. The van der Waals surface area contributed by atoms with Gasteiger partial charge in [0.1, 0.15) is 0 Å². The summed E-state index contributed by atoms with van der Waals surface area (Å²) in [5.41, 5.74) is 5.69. The van der Waals surface area contributed by atoms with Crippen LogP contribution >= 0.6 is 0 Å². The first-order chi connectivity index (χ1) is 5.37. The van der Waals surface area contributed by atoms with Gasteiger partial charge >= 0.3 is 0 Å². The Labute approximate surface area is 73.9 Å². The highest BCUT2D eigenvalue weighted by atomic mass is 16.2. The molecule has 1 unspecified atom stereocenters. The quantitative estimate of drug-likeness (QED) is 0.630. The number of likely N-dealkylation sites (tertiary alicyclic amines) is 1. The van der Waals surface area contributed by atoms with Gasteiger partial charge in [0.15, 0.2) is 0 Å². The number of hydrogen-bond acceptors (Lipinski definition) is 2. The summed E-state index contributed by atoms with van der Waals surface area (Å²) in [6.07, 6.45) is 0.491. The van der Waals surface area contributed by atoms with Crippen LogP contribution in [-0.2, 0) is 4.79 Å². The topological polar surface area (TPSA) is 46.3 Å². The Bertz CT molecular complexity index is 199. The van der Waals surface area contributed by atoms with E-state index < -0.39 is 0 Å². The van der Waals surface area contributed by atoms with E-state index in [1.165, 1.54) is 0 Å². The first kappa shape index (κ1) is 9.52. The zero-order chi connectivity index (χ0) is 9.52. The monoisotopic (exact) mass is 170 g/mol. The predicted molar refractivity (Wildman–Crippen MR) is 48.7 cm³/mol. The number of carbonyl (C=O) groups excluding carboxylic acids is 1. The molecule has 0 aromatic rings. The summed E-state index contributed by atoms with van der Waals surface area (Å²) < 4.78 is 0. The number of nitrogens with zero attached hydrogens (tertiary/aromatic N) is 1. The molecule has 1 atom stereocenters. The maximum atomic E-state index is 11.5. The molecule has 1 rings (SSSR count). The number of nitrogens with two attached hydrogens (primary N) is 1. The van der Waals surface area contributed by atoms with Gasteiger partial charge in [-0.1, -0.05) is 0 Å². The molecule has 1 aliphatic heterocycles. The van der Waals surface area contributed by atoms with Crippen molar-refractivity contribution in [3.63, 3.8) is 0 Å². The minimum Gasteiger partial charge on any atom is -0.334 e. The molecule has 0 aromatic carbocycles. The van der Waals surface area contributed by atoms with Crippen molar-refractivity contribution in [2.75, 3.05) is 0 Å². The van der Waals surface area contributed by atoms with Crippen LogP contribution in [0, 0.1) is 0 Å². The summed E-state index contributed by atoms with van der Waals surface area (Å²) in [5, 5.41) is 0. The van der Waals surface area contributed by atoms with Crippen molar-refractivity contribution in [3.8, 4) is 0 Å². The molecule has 0 bridgehead atoms. The van der Waals surface area contributed by atoms with Gasteiger partial charge in [0, 0.05) is 18.5 Å². The molecular weight excluding hydrogens is 152 g/mol. The van der Waals surface area contributed by atoms with E-state index in [4.69, 9.17) is 5.73 Å². The van der Waals surface area contributed by atoms with Crippen molar-refractivity contribution >= 4 is 5.91 Å². The third kappa shape index (κ3) is 1.22. The van der Waals surface area contributed by atoms with Gasteiger partial charge in [0.05, 0.1) is 5.54 Å². The number of amides is 1. The number of hydrogen-bond donors (Lipinski definition) is 1. The molecular formula is C9H18N2O. The van der Waals surface area contributed by atoms with Crippen molar-refractivity contribution in [3.05, 3.63) is 0 Å². The predicted octanol–water partition coefficient (Wildman–Crippen LogP) is 0.733. The van der Waals surface area contributed by atoms with E-state index in [0.717, 1.165) is 0 Å². The van der Waals surface area contributed by atoms with Gasteiger partial charge in [-0.3, -0.25) is 4.79 Å². The molecule has 1 heterocycles. The molecule has 3 nitrogen and oxygen atoms in total. The van der Waals surface area contributed by atoms with Gasteiger partial charge in [-0.15, -0.1) is 0 Å². The molecule has 0 saturated carbocycles. The van der Waals surface area contributed by atoms with Crippen LogP contribution in [0.25, 0.3) is 0 Å². The molecule has 0 aliphatic carbocycles. The van der Waals surface area contributed by atoms with Gasteiger partial charge in [-0.2, -0.15) is 0 Å². The number of carbonyl (C=O) groups is 1. The second-order valence-corrected chi connectivity index (χ2v) is 4.32. The van der Waals surface area contributed by atoms with Crippen molar-refractivity contribution < 1.29 is 4.79 Å². The molecule has 70 valence electrons. The summed E-state index contributed by atoms with van der Waals surface area (Å²) >= 11 is 0. The van der Waals surface area contributed by atoms with Crippen LogP contribution in [0.5, 0.6) is 0 Å². The molecule has 0 aromatic heterocycles. The van der Waals surface area contributed by atoms with Crippen LogP contribution in [0.2, 0.25) is 0 Å². The fraction of sp³-hybridized carbons (Fsp3) is 0.889. The third-order valence-corrected chi connectivity index (χ3v) is 2.71. The number of rotatable bonds is 1. The zero-order valence-corrected chi connectivity index (χ0v) is 8.29. The lowest BCUT2D eigenvalue weighted by atomic mass is 9.96. The Balaban J connectivity index is 2.91. The van der Waals surface area contributed by atoms with Gasteiger partial charge in [-0.05, 0) is 27.7 Å². The van der Waals surface area contributed by atoms with Gasteiger partial charge in [0.25, 0.3) is 0 Å². The van der Waals surface area contributed by atoms with Gasteiger partial charge in [-0.25, -0.2) is 0 Å². The average molecular weight is 170 g/mol. The summed E-state index contributed by atoms with van der Waals surface area (Å²) in [5.74, 6) is 0.183. The van der Waals surface area contributed by atoms with Crippen LogP contribution in [0.1, 0.15) is 34.1 Å². The van der Waals surface area contributed by atoms with E-state index in [2.05, 4.69) is 0 Å². The molecule has 2 N–H and O–H groups in total. The molecule has 1 fully saturated rings. The highest BCUT2D eigenvalue weighted by Crippen LogP contribution is 2.30. The molecule has 0 radical (unpaired) electrons. The Kier molecular flexibility index (Phi) is 2.17. The van der Waals surface area contributed by atoms with E-state index in [-0.39, 0.29) is 23.5 Å². The van der Waals surface area contributed by atoms with Crippen LogP contribution in [0.3, 0.4) is 0 Å². The van der Waals surface area contributed by atoms with Crippen LogP contribution in [-0.4, -0.2) is 28.4 Å². The lowest BCUT2D eigenvalue weighted by Gasteiger charge is -2.37. The highest BCUT2D eigenvalue weighted by molar-refractivity contribution is 5.81. The maximum absolute atomic E-state index is 11.5. The standard InChI is InChI=1S/C9H18N2O/c1-6(2)11-8(12)5-7(10)9(11,3)4/h6-7H,5,10H2,1-4H3. The second-order valence-electron chi connectivity index (χ2n) is 4.32. The fourth-order valence-corrected chi connectivity index (χ4v) is 1.99. The summed E-state index contributed by atoms with van der Waals surface area (Å²) in [4.78, 5) is 13.4. The minimum atomic E-state index is -0.175. The first-order valence-electron chi connectivity index (χ1n) is 4.45. The SMILES string of the molecule is CC(C)N1C(=O)CC(N)C1(C)C. The Hall–Kier alpha value is -0.570. The largest absolute Gasteiger partial charge is 0.334 e. The van der Waals surface area contributed by atoms with Crippen LogP contribution in [0.15, 0.2) is 0 Å². The smallest absolute Gasteiger partial charge is 0.224 e. The highest BCUT2D eigenvalue weighted by Gasteiger charge is 2.45. The van der Waals surface area contributed by atoms with Crippen molar-refractivity contribution in [1.29, 1.82) is 0 Å². The summed E-state index contributed by atoms with van der Waals surface area (Å²) in [7, 11) is 0. The van der Waals surface area contributed by atoms with E-state index in [0.29, 0.717) is 6.42 Å².